The number of hydrogen-bond acceptors (Lipinski definition) is 2. The van der Waals surface area contributed by atoms with E-state index < -0.39 is 0 Å². The van der Waals surface area contributed by atoms with Crippen molar-refractivity contribution in [2.24, 2.45) is 34.6 Å². The van der Waals surface area contributed by atoms with Crippen LogP contribution in [0.25, 0.3) is 0 Å². The second kappa shape index (κ2) is 8.37. The zero-order chi connectivity index (χ0) is 12.6. The normalized spacial score (nSPS) is 20.1. The van der Waals surface area contributed by atoms with Gasteiger partial charge in [-0.3, -0.25) is 0 Å². The Morgan fingerprint density at radius 3 is 2.25 bits per heavy atom. The van der Waals surface area contributed by atoms with Crippen LogP contribution in [-0.4, -0.2) is 6.21 Å². The largest absolute Gasteiger partial charge is 0.324 e. The fraction of sp³-hybridized carbons (Fsp3) is 0.786. The standard InChI is InChI=1S/C14H28N2/c1-6-8-14(11(3)7-2)9-12(4)13(5)10-16-15/h6,8,10-14H,7,9,15H2,1-5H3/b8-6-,16-10-/t11?,12-,13?,14-/m1/s1. The summed E-state index contributed by atoms with van der Waals surface area (Å²) < 4.78 is 0. The highest BCUT2D eigenvalue weighted by molar-refractivity contribution is 5.59. The van der Waals surface area contributed by atoms with Gasteiger partial charge in [0, 0.05) is 6.21 Å². The van der Waals surface area contributed by atoms with Gasteiger partial charge < -0.3 is 5.84 Å². The Morgan fingerprint density at radius 2 is 1.81 bits per heavy atom. The molecule has 0 aliphatic heterocycles. The van der Waals surface area contributed by atoms with E-state index in [1.54, 1.807) is 0 Å². The van der Waals surface area contributed by atoms with E-state index in [9.17, 15) is 0 Å². The zero-order valence-corrected chi connectivity index (χ0v) is 11.5. The van der Waals surface area contributed by atoms with E-state index in [1.807, 2.05) is 6.21 Å². The summed E-state index contributed by atoms with van der Waals surface area (Å²) in [5, 5.41) is 3.63. The molecule has 0 amide bonds. The minimum absolute atomic E-state index is 0.460. The summed E-state index contributed by atoms with van der Waals surface area (Å²) in [4.78, 5) is 0. The van der Waals surface area contributed by atoms with Gasteiger partial charge >= 0.3 is 0 Å². The maximum atomic E-state index is 5.20. The number of rotatable bonds is 7. The highest BCUT2D eigenvalue weighted by Crippen LogP contribution is 2.27. The Bertz CT molecular complexity index is 221. The van der Waals surface area contributed by atoms with Crippen molar-refractivity contribution in [3.05, 3.63) is 12.2 Å². The SMILES string of the molecule is C/C=C\[C@H](C[C@@H](C)C(C)/C=N\N)C(C)CC. The molecule has 0 saturated heterocycles. The van der Waals surface area contributed by atoms with E-state index in [1.165, 1.54) is 12.8 Å². The molecular formula is C14H28N2. The molecule has 0 aliphatic carbocycles. The van der Waals surface area contributed by atoms with Gasteiger partial charge in [0.1, 0.15) is 0 Å². The van der Waals surface area contributed by atoms with Gasteiger partial charge in [0.2, 0.25) is 0 Å². The maximum Gasteiger partial charge on any atom is 0.0271 e. The molecule has 16 heavy (non-hydrogen) atoms. The first-order chi connectivity index (χ1) is 7.56. The Labute approximate surface area is 101 Å². The summed E-state index contributed by atoms with van der Waals surface area (Å²) in [5.74, 6) is 7.72. The lowest BCUT2D eigenvalue weighted by molar-refractivity contribution is 0.315. The van der Waals surface area contributed by atoms with Crippen molar-refractivity contribution >= 4 is 6.21 Å². The van der Waals surface area contributed by atoms with Crippen molar-refractivity contribution in [3.8, 4) is 0 Å². The molecule has 0 aliphatic rings. The first-order valence-electron chi connectivity index (χ1n) is 6.42. The Kier molecular flexibility index (Phi) is 7.96. The third-order valence-electron chi connectivity index (χ3n) is 3.68. The van der Waals surface area contributed by atoms with Gasteiger partial charge in [-0.15, -0.1) is 0 Å². The summed E-state index contributed by atoms with van der Waals surface area (Å²) in [6.07, 6.45) is 8.82. The van der Waals surface area contributed by atoms with Crippen LogP contribution in [0.1, 0.15) is 47.5 Å². The Morgan fingerprint density at radius 1 is 1.19 bits per heavy atom. The van der Waals surface area contributed by atoms with Crippen LogP contribution >= 0.6 is 0 Å². The van der Waals surface area contributed by atoms with E-state index >= 15 is 0 Å². The number of nitrogens with zero attached hydrogens (tertiary/aromatic N) is 1. The molecule has 0 aromatic heterocycles. The second-order valence-electron chi connectivity index (χ2n) is 4.95. The van der Waals surface area contributed by atoms with Gasteiger partial charge in [0.05, 0.1) is 0 Å². The lowest BCUT2D eigenvalue weighted by Crippen LogP contribution is -2.18. The van der Waals surface area contributed by atoms with E-state index in [0.717, 1.165) is 5.92 Å². The third-order valence-corrected chi connectivity index (χ3v) is 3.68. The average Bonchev–Trinajstić information content (AvgIpc) is 2.27. The molecule has 0 saturated carbocycles. The number of allylic oxidation sites excluding steroid dienone is 2. The van der Waals surface area contributed by atoms with E-state index in [4.69, 9.17) is 5.84 Å². The molecule has 0 rings (SSSR count). The molecule has 2 heteroatoms. The summed E-state index contributed by atoms with van der Waals surface area (Å²) in [6.45, 7) is 11.2. The number of hydrazone groups is 1. The highest BCUT2D eigenvalue weighted by atomic mass is 15.1. The molecule has 0 aromatic carbocycles. The van der Waals surface area contributed by atoms with Crippen LogP contribution in [0.2, 0.25) is 0 Å². The van der Waals surface area contributed by atoms with E-state index in [-0.39, 0.29) is 0 Å². The molecule has 0 fully saturated rings. The zero-order valence-electron chi connectivity index (χ0n) is 11.5. The fourth-order valence-electron chi connectivity index (χ4n) is 1.98. The predicted molar refractivity (Wildman–Crippen MR) is 73.4 cm³/mol. The monoisotopic (exact) mass is 224 g/mol. The van der Waals surface area contributed by atoms with Gasteiger partial charge in [0.25, 0.3) is 0 Å². The van der Waals surface area contributed by atoms with Crippen molar-refractivity contribution in [1.29, 1.82) is 0 Å². The van der Waals surface area contributed by atoms with E-state index in [0.29, 0.717) is 17.8 Å². The molecule has 2 N–H and O–H groups in total. The summed E-state index contributed by atoms with van der Waals surface area (Å²) in [5.41, 5.74) is 0. The lowest BCUT2D eigenvalue weighted by atomic mass is 9.80. The minimum Gasteiger partial charge on any atom is -0.324 e. The molecule has 0 radical (unpaired) electrons. The summed E-state index contributed by atoms with van der Waals surface area (Å²) in [6, 6.07) is 0. The van der Waals surface area contributed by atoms with Crippen LogP contribution in [0.5, 0.6) is 0 Å². The first-order valence-corrected chi connectivity index (χ1v) is 6.42. The third kappa shape index (κ3) is 5.34. The van der Waals surface area contributed by atoms with Crippen molar-refractivity contribution < 1.29 is 0 Å². The average molecular weight is 224 g/mol. The number of hydrogen-bond donors (Lipinski definition) is 1. The number of nitrogens with two attached hydrogens (primary N) is 1. The van der Waals surface area contributed by atoms with Gasteiger partial charge in [-0.2, -0.15) is 5.10 Å². The summed E-state index contributed by atoms with van der Waals surface area (Å²) >= 11 is 0. The van der Waals surface area contributed by atoms with Crippen LogP contribution in [-0.2, 0) is 0 Å². The highest BCUT2D eigenvalue weighted by Gasteiger charge is 2.19. The van der Waals surface area contributed by atoms with E-state index in [2.05, 4.69) is 51.9 Å². The van der Waals surface area contributed by atoms with Crippen molar-refractivity contribution in [1.82, 2.24) is 0 Å². The smallest absolute Gasteiger partial charge is 0.0271 e. The Hall–Kier alpha value is -0.790. The molecule has 94 valence electrons. The first kappa shape index (κ1) is 15.2. The second-order valence-corrected chi connectivity index (χ2v) is 4.95. The van der Waals surface area contributed by atoms with Crippen LogP contribution in [0, 0.1) is 23.7 Å². The topological polar surface area (TPSA) is 38.4 Å². The van der Waals surface area contributed by atoms with Crippen molar-refractivity contribution in [2.75, 3.05) is 0 Å². The lowest BCUT2D eigenvalue weighted by Gasteiger charge is -2.25. The molecule has 0 spiro atoms. The molecule has 0 heterocycles. The van der Waals surface area contributed by atoms with Gasteiger partial charge in [-0.05, 0) is 37.0 Å². The van der Waals surface area contributed by atoms with Crippen LogP contribution in [0.4, 0.5) is 0 Å². The Balaban J connectivity index is 4.38. The van der Waals surface area contributed by atoms with Crippen LogP contribution < -0.4 is 5.84 Å². The quantitative estimate of drug-likeness (QED) is 0.303. The van der Waals surface area contributed by atoms with Gasteiger partial charge in [-0.1, -0.05) is 46.3 Å². The maximum absolute atomic E-state index is 5.20. The van der Waals surface area contributed by atoms with Crippen LogP contribution in [0.15, 0.2) is 17.3 Å². The predicted octanol–water partition coefficient (Wildman–Crippen LogP) is 3.83. The fourth-order valence-corrected chi connectivity index (χ4v) is 1.98. The molecular weight excluding hydrogens is 196 g/mol. The molecule has 2 unspecified atom stereocenters. The molecule has 4 atom stereocenters. The molecule has 0 bridgehead atoms. The summed E-state index contributed by atoms with van der Waals surface area (Å²) in [7, 11) is 0. The van der Waals surface area contributed by atoms with Gasteiger partial charge in [0.15, 0.2) is 0 Å². The van der Waals surface area contributed by atoms with Crippen molar-refractivity contribution in [3.63, 3.8) is 0 Å². The van der Waals surface area contributed by atoms with Crippen molar-refractivity contribution in [2.45, 2.75) is 47.5 Å². The molecule has 0 aromatic rings. The van der Waals surface area contributed by atoms with Gasteiger partial charge in [-0.25, -0.2) is 0 Å². The molecule has 2 nitrogen and oxygen atoms in total. The van der Waals surface area contributed by atoms with Crippen LogP contribution in [0.3, 0.4) is 0 Å². The minimum atomic E-state index is 0.460.